The lowest BCUT2D eigenvalue weighted by atomic mass is 9.77. The number of carbonyl (C=O) groups excluding carboxylic acids is 1. The maximum absolute atomic E-state index is 12.3. The van der Waals surface area contributed by atoms with Gasteiger partial charge in [0.25, 0.3) is 0 Å². The number of carbonyl (C=O) groups is 1. The van der Waals surface area contributed by atoms with Crippen LogP contribution in [0.3, 0.4) is 0 Å². The van der Waals surface area contributed by atoms with Crippen LogP contribution in [0.15, 0.2) is 42.6 Å². The zero-order valence-corrected chi connectivity index (χ0v) is 11.5. The van der Waals surface area contributed by atoms with E-state index in [1.54, 1.807) is 18.3 Å². The van der Waals surface area contributed by atoms with Crippen molar-refractivity contribution >= 4 is 11.7 Å². The van der Waals surface area contributed by atoms with Crippen LogP contribution in [0, 0.1) is 11.8 Å². The second-order valence-electron chi connectivity index (χ2n) is 4.88. The number of nitrogens with zero attached hydrogens (tertiary/aromatic N) is 1. The summed E-state index contributed by atoms with van der Waals surface area (Å²) in [7, 11) is 0. The Hall–Kier alpha value is -2.64. The summed E-state index contributed by atoms with van der Waals surface area (Å²) in [5, 5.41) is 2.85. The van der Waals surface area contributed by atoms with E-state index in [4.69, 9.17) is 5.73 Å². The Kier molecular flexibility index (Phi) is 3.67. The maximum Gasteiger partial charge on any atom is 0.233 e. The quantitative estimate of drug-likeness (QED) is 0.820. The largest absolute Gasteiger partial charge is 0.320 e. The van der Waals surface area contributed by atoms with Gasteiger partial charge in [-0.2, -0.15) is 0 Å². The molecule has 0 aliphatic heterocycles. The van der Waals surface area contributed by atoms with Gasteiger partial charge in [-0.1, -0.05) is 36.1 Å². The second-order valence-corrected chi connectivity index (χ2v) is 4.88. The van der Waals surface area contributed by atoms with Crippen molar-refractivity contribution in [3.8, 4) is 11.8 Å². The molecule has 1 aromatic heterocycles. The van der Waals surface area contributed by atoms with Gasteiger partial charge < -0.3 is 11.1 Å². The highest BCUT2D eigenvalue weighted by molar-refractivity contribution is 5.97. The first-order valence-electron chi connectivity index (χ1n) is 6.81. The predicted molar refractivity (Wildman–Crippen MR) is 81.7 cm³/mol. The molecule has 1 aliphatic carbocycles. The van der Waals surface area contributed by atoms with Crippen molar-refractivity contribution in [3.05, 3.63) is 59.3 Å². The Morgan fingerprint density at radius 1 is 1.38 bits per heavy atom. The van der Waals surface area contributed by atoms with Crippen molar-refractivity contribution < 1.29 is 4.79 Å². The maximum atomic E-state index is 12.3. The third kappa shape index (κ3) is 2.78. The molecule has 4 nitrogen and oxygen atoms in total. The average Bonchev–Trinajstić information content (AvgIpc) is 2.47. The van der Waals surface area contributed by atoms with Gasteiger partial charge in [0.2, 0.25) is 5.91 Å². The standard InChI is InChI=1S/C17H15N3O/c18-8-3-4-12-7-9-19-16(10-12)20-17(21)15-11-13-5-1-2-6-14(13)15/h1-2,5-7,9-10,15H,8,11,18H2,(H,19,20,21). The highest BCUT2D eigenvalue weighted by Gasteiger charge is 2.31. The second kappa shape index (κ2) is 5.78. The van der Waals surface area contributed by atoms with E-state index in [9.17, 15) is 4.79 Å². The van der Waals surface area contributed by atoms with Crippen LogP contribution in [-0.4, -0.2) is 17.4 Å². The number of nitrogens with two attached hydrogens (primary N) is 1. The number of hydrogen-bond donors (Lipinski definition) is 2. The van der Waals surface area contributed by atoms with E-state index in [-0.39, 0.29) is 11.8 Å². The topological polar surface area (TPSA) is 68.0 Å². The first kappa shape index (κ1) is 13.3. The van der Waals surface area contributed by atoms with Crippen LogP contribution in [0.2, 0.25) is 0 Å². The molecule has 1 unspecified atom stereocenters. The predicted octanol–water partition coefficient (Wildman–Crippen LogP) is 1.67. The molecule has 1 heterocycles. The summed E-state index contributed by atoms with van der Waals surface area (Å²) in [6, 6.07) is 11.6. The van der Waals surface area contributed by atoms with Gasteiger partial charge in [0.05, 0.1) is 12.5 Å². The molecule has 0 saturated carbocycles. The zero-order chi connectivity index (χ0) is 14.7. The van der Waals surface area contributed by atoms with Gasteiger partial charge in [0, 0.05) is 11.8 Å². The third-order valence-electron chi connectivity index (χ3n) is 3.52. The van der Waals surface area contributed by atoms with Gasteiger partial charge in [-0.05, 0) is 29.7 Å². The fraction of sp³-hybridized carbons (Fsp3) is 0.176. The van der Waals surface area contributed by atoms with Crippen LogP contribution in [0.4, 0.5) is 5.82 Å². The molecule has 0 spiro atoms. The highest BCUT2D eigenvalue weighted by atomic mass is 16.2. The molecular weight excluding hydrogens is 262 g/mol. The Balaban J connectivity index is 1.72. The molecule has 3 rings (SSSR count). The van der Waals surface area contributed by atoms with E-state index in [0.29, 0.717) is 12.4 Å². The minimum Gasteiger partial charge on any atom is -0.320 e. The van der Waals surface area contributed by atoms with Crippen LogP contribution < -0.4 is 11.1 Å². The number of rotatable bonds is 2. The molecule has 0 saturated heterocycles. The number of pyridine rings is 1. The van der Waals surface area contributed by atoms with Crippen LogP contribution in [0.1, 0.15) is 22.6 Å². The zero-order valence-electron chi connectivity index (χ0n) is 11.5. The number of amides is 1. The molecule has 1 atom stereocenters. The molecule has 1 aliphatic rings. The van der Waals surface area contributed by atoms with Crippen LogP contribution in [0.5, 0.6) is 0 Å². The molecule has 4 heteroatoms. The molecular formula is C17H15N3O. The van der Waals surface area contributed by atoms with E-state index in [1.807, 2.05) is 18.2 Å². The van der Waals surface area contributed by atoms with Crippen molar-refractivity contribution in [2.45, 2.75) is 12.3 Å². The van der Waals surface area contributed by atoms with Gasteiger partial charge in [-0.25, -0.2) is 4.98 Å². The summed E-state index contributed by atoms with van der Waals surface area (Å²) >= 11 is 0. The van der Waals surface area contributed by atoms with Gasteiger partial charge >= 0.3 is 0 Å². The summed E-state index contributed by atoms with van der Waals surface area (Å²) in [4.78, 5) is 16.4. The van der Waals surface area contributed by atoms with E-state index < -0.39 is 0 Å². The summed E-state index contributed by atoms with van der Waals surface area (Å²) in [6.07, 6.45) is 2.42. The van der Waals surface area contributed by atoms with Crippen LogP contribution >= 0.6 is 0 Å². The number of fused-ring (bicyclic) bond motifs is 1. The first-order chi connectivity index (χ1) is 10.3. The number of hydrogen-bond acceptors (Lipinski definition) is 3. The number of benzene rings is 1. The summed E-state index contributed by atoms with van der Waals surface area (Å²) in [5.74, 6) is 6.12. The van der Waals surface area contributed by atoms with E-state index in [2.05, 4.69) is 28.2 Å². The number of anilines is 1. The van der Waals surface area contributed by atoms with Crippen LogP contribution in [-0.2, 0) is 11.2 Å². The fourth-order valence-corrected chi connectivity index (χ4v) is 2.44. The van der Waals surface area contributed by atoms with Gasteiger partial charge in [0.1, 0.15) is 5.82 Å². The molecule has 1 aromatic carbocycles. The number of aromatic nitrogens is 1. The molecule has 3 N–H and O–H groups in total. The lowest BCUT2D eigenvalue weighted by Crippen LogP contribution is -2.30. The van der Waals surface area contributed by atoms with Crippen LogP contribution in [0.25, 0.3) is 0 Å². The lowest BCUT2D eigenvalue weighted by Gasteiger charge is -2.28. The highest BCUT2D eigenvalue weighted by Crippen LogP contribution is 2.35. The molecule has 1 amide bonds. The minimum absolute atomic E-state index is 0.0230. The van der Waals surface area contributed by atoms with Gasteiger partial charge in [-0.15, -0.1) is 0 Å². The molecule has 0 fully saturated rings. The van der Waals surface area contributed by atoms with E-state index in [0.717, 1.165) is 17.5 Å². The Morgan fingerprint density at radius 2 is 2.24 bits per heavy atom. The molecule has 0 radical (unpaired) electrons. The van der Waals surface area contributed by atoms with Crippen molar-refractivity contribution in [2.24, 2.45) is 5.73 Å². The van der Waals surface area contributed by atoms with E-state index in [1.165, 1.54) is 5.56 Å². The molecule has 104 valence electrons. The van der Waals surface area contributed by atoms with E-state index >= 15 is 0 Å². The smallest absolute Gasteiger partial charge is 0.233 e. The minimum atomic E-state index is -0.0817. The molecule has 2 aromatic rings. The normalized spacial score (nSPS) is 15.2. The lowest BCUT2D eigenvalue weighted by molar-refractivity contribution is -0.118. The summed E-state index contributed by atoms with van der Waals surface area (Å²) < 4.78 is 0. The SMILES string of the molecule is NCC#Cc1ccnc(NC(=O)C2Cc3ccccc32)c1. The molecule has 0 bridgehead atoms. The fourth-order valence-electron chi connectivity index (χ4n) is 2.44. The molecule has 21 heavy (non-hydrogen) atoms. The third-order valence-corrected chi connectivity index (χ3v) is 3.52. The average molecular weight is 277 g/mol. The first-order valence-corrected chi connectivity index (χ1v) is 6.81. The Morgan fingerprint density at radius 3 is 3.05 bits per heavy atom. The summed E-state index contributed by atoms with van der Waals surface area (Å²) in [6.45, 7) is 0.308. The summed E-state index contributed by atoms with van der Waals surface area (Å²) in [5.41, 5.74) is 8.49. The Bertz CT molecular complexity index is 743. The van der Waals surface area contributed by atoms with Crippen molar-refractivity contribution in [3.63, 3.8) is 0 Å². The van der Waals surface area contributed by atoms with Gasteiger partial charge in [0.15, 0.2) is 0 Å². The Labute approximate surface area is 123 Å². The van der Waals surface area contributed by atoms with Crippen molar-refractivity contribution in [1.29, 1.82) is 0 Å². The van der Waals surface area contributed by atoms with Crippen molar-refractivity contribution in [2.75, 3.05) is 11.9 Å². The van der Waals surface area contributed by atoms with Gasteiger partial charge in [-0.3, -0.25) is 4.79 Å². The number of nitrogens with one attached hydrogen (secondary N) is 1. The monoisotopic (exact) mass is 277 g/mol. The van der Waals surface area contributed by atoms with Crippen molar-refractivity contribution in [1.82, 2.24) is 4.98 Å².